The van der Waals surface area contributed by atoms with Crippen LogP contribution in [0, 0.1) is 0 Å². The zero-order valence-electron chi connectivity index (χ0n) is 25.5. The summed E-state index contributed by atoms with van der Waals surface area (Å²) in [7, 11) is 2.05. The number of ketones is 1. The van der Waals surface area contributed by atoms with Crippen molar-refractivity contribution in [3.05, 3.63) is 135 Å². The number of carboxylic acids is 1. The van der Waals surface area contributed by atoms with Crippen molar-refractivity contribution in [3.8, 4) is 5.75 Å². The molecule has 4 aromatic carbocycles. The van der Waals surface area contributed by atoms with E-state index in [-0.39, 0.29) is 16.9 Å². The van der Waals surface area contributed by atoms with Crippen LogP contribution >= 0.6 is 23.2 Å². The van der Waals surface area contributed by atoms with Crippen molar-refractivity contribution >= 4 is 35.0 Å². The summed E-state index contributed by atoms with van der Waals surface area (Å²) in [4.78, 5) is 26.1. The van der Waals surface area contributed by atoms with E-state index in [0.29, 0.717) is 16.5 Å². The fraction of sp³-hybridized carbons (Fsp3) is 0.278. The molecule has 0 saturated heterocycles. The molecule has 0 aliphatic carbocycles. The van der Waals surface area contributed by atoms with Gasteiger partial charge in [0.15, 0.2) is 6.10 Å². The molecule has 0 spiro atoms. The highest BCUT2D eigenvalue weighted by atomic mass is 35.5. The van der Waals surface area contributed by atoms with E-state index in [4.69, 9.17) is 27.9 Å². The Hall–Kier alpha value is -3.85. The first kappa shape index (κ1) is 35.0. The number of ether oxygens (including phenoxy) is 1. The number of carbonyl (C=O) groups is 2. The number of benzene rings is 4. The van der Waals surface area contributed by atoms with Crippen LogP contribution in [-0.2, 0) is 16.8 Å². The summed E-state index contributed by atoms with van der Waals surface area (Å²) in [5.41, 5.74) is 2.74. The number of carbonyl (C=O) groups excluding carboxylic acids is 1. The molecule has 0 fully saturated rings. The number of halogens is 5. The first-order valence-electron chi connectivity index (χ1n) is 14.6. The molecule has 1 N–H and O–H groups in total. The summed E-state index contributed by atoms with van der Waals surface area (Å²) in [6.07, 6.45) is -5.57. The van der Waals surface area contributed by atoms with Crippen LogP contribution in [0.25, 0.3) is 0 Å². The minimum atomic E-state index is -5.14. The van der Waals surface area contributed by atoms with Crippen LogP contribution in [0.1, 0.15) is 58.8 Å². The Morgan fingerprint density at radius 2 is 1.41 bits per heavy atom. The van der Waals surface area contributed by atoms with Crippen LogP contribution in [0.2, 0.25) is 10.0 Å². The Balaban J connectivity index is 1.46. The third-order valence-electron chi connectivity index (χ3n) is 8.37. The Morgan fingerprint density at radius 1 is 0.870 bits per heavy atom. The van der Waals surface area contributed by atoms with Crippen molar-refractivity contribution in [2.45, 2.75) is 50.4 Å². The second kappa shape index (κ2) is 14.7. The van der Waals surface area contributed by atoms with E-state index >= 15 is 0 Å². The number of aromatic carboxylic acids is 1. The van der Waals surface area contributed by atoms with Gasteiger partial charge in [-0.3, -0.25) is 9.69 Å². The number of hydrogen-bond acceptors (Lipinski definition) is 4. The quantitative estimate of drug-likeness (QED) is 0.153. The molecular formula is C36H34Cl2F3NO4. The summed E-state index contributed by atoms with van der Waals surface area (Å²) >= 11 is 12.3. The van der Waals surface area contributed by atoms with Crippen LogP contribution in [-0.4, -0.2) is 47.6 Å². The number of carboxylic acid groups (broad SMARTS) is 1. The summed E-state index contributed by atoms with van der Waals surface area (Å²) in [5.74, 6) is -4.24. The van der Waals surface area contributed by atoms with Gasteiger partial charge in [-0.15, -0.1) is 0 Å². The Bertz CT molecular complexity index is 1600. The lowest BCUT2D eigenvalue weighted by Gasteiger charge is -2.40. The molecule has 0 bridgehead atoms. The second-order valence-corrected chi connectivity index (χ2v) is 12.2. The van der Waals surface area contributed by atoms with Gasteiger partial charge in [-0.25, -0.2) is 4.79 Å². The predicted molar refractivity (Wildman–Crippen MR) is 174 cm³/mol. The van der Waals surface area contributed by atoms with Crippen LogP contribution in [0.15, 0.2) is 97.1 Å². The van der Waals surface area contributed by atoms with Crippen molar-refractivity contribution in [1.82, 2.24) is 4.90 Å². The molecule has 0 aromatic heterocycles. The van der Waals surface area contributed by atoms with Gasteiger partial charge in [0, 0.05) is 16.0 Å². The number of nitrogens with zero attached hydrogens (tertiary/aromatic N) is 1. The Kier molecular flexibility index (Phi) is 11.2. The molecule has 5 nitrogen and oxygen atoms in total. The van der Waals surface area contributed by atoms with Crippen LogP contribution < -0.4 is 4.74 Å². The molecule has 4 rings (SSSR count). The molecule has 242 valence electrons. The first-order valence-corrected chi connectivity index (χ1v) is 15.4. The monoisotopic (exact) mass is 671 g/mol. The molecule has 0 aliphatic heterocycles. The Labute approximate surface area is 276 Å². The lowest BCUT2D eigenvalue weighted by molar-refractivity contribution is -0.179. The van der Waals surface area contributed by atoms with E-state index < -0.39 is 35.5 Å². The molecule has 10 heteroatoms. The van der Waals surface area contributed by atoms with Gasteiger partial charge in [0.25, 0.3) is 5.78 Å². The summed E-state index contributed by atoms with van der Waals surface area (Å²) in [5, 5.41) is 10.6. The molecule has 4 aromatic rings. The van der Waals surface area contributed by atoms with Crippen LogP contribution in [0.3, 0.4) is 0 Å². The number of Topliss-reactive ketones (excluding diaryl/α,β-unsaturated/α-hetero) is 1. The molecule has 0 aliphatic rings. The highest BCUT2D eigenvalue weighted by Gasteiger charge is 2.47. The molecule has 0 amide bonds. The van der Waals surface area contributed by atoms with E-state index in [0.717, 1.165) is 29.7 Å². The van der Waals surface area contributed by atoms with Gasteiger partial charge in [-0.2, -0.15) is 13.2 Å². The van der Waals surface area contributed by atoms with E-state index in [9.17, 15) is 27.9 Å². The van der Waals surface area contributed by atoms with Crippen molar-refractivity contribution < 1.29 is 32.6 Å². The standard InChI is InChI=1S/C36H34Cl2F3NO4/c1-23(25-7-4-8-26(22-25)34(44)45)32(33(43)36(39,40)41)46-31-19-9-24(10-20-31)6-5-21-42(3)35(2,27-11-15-29(37)16-12-27)28-13-17-30(38)18-14-28/h4,7-20,22-23,32H,5-6,21H2,1-3H3,(H,44,45). The lowest BCUT2D eigenvalue weighted by atomic mass is 9.83. The Morgan fingerprint density at radius 3 is 1.91 bits per heavy atom. The molecule has 46 heavy (non-hydrogen) atoms. The highest BCUT2D eigenvalue weighted by molar-refractivity contribution is 6.30. The van der Waals surface area contributed by atoms with Crippen LogP contribution in [0.4, 0.5) is 13.2 Å². The summed E-state index contributed by atoms with van der Waals surface area (Å²) < 4.78 is 46.3. The van der Waals surface area contributed by atoms with Gasteiger partial charge in [0.2, 0.25) is 0 Å². The molecule has 0 heterocycles. The molecule has 0 radical (unpaired) electrons. The molecule has 2 atom stereocenters. The second-order valence-electron chi connectivity index (χ2n) is 11.4. The average molecular weight is 673 g/mol. The minimum Gasteiger partial charge on any atom is -0.482 e. The fourth-order valence-corrected chi connectivity index (χ4v) is 5.71. The van der Waals surface area contributed by atoms with Gasteiger partial charge in [0.05, 0.1) is 11.1 Å². The molecule has 2 unspecified atom stereocenters. The first-order chi connectivity index (χ1) is 21.7. The maximum atomic E-state index is 13.6. The van der Waals surface area contributed by atoms with Crippen molar-refractivity contribution in [3.63, 3.8) is 0 Å². The zero-order chi connectivity index (χ0) is 33.6. The SMILES string of the molecule is CC(c1cccc(C(=O)O)c1)C(Oc1ccc(CCCN(C)C(C)(c2ccc(Cl)cc2)c2ccc(Cl)cc2)cc1)C(=O)C(F)(F)F. The summed E-state index contributed by atoms with van der Waals surface area (Å²) in [6, 6.07) is 27.6. The number of aryl methyl sites for hydroxylation is 1. The van der Waals surface area contributed by atoms with Crippen molar-refractivity contribution in [2.24, 2.45) is 0 Å². The average Bonchev–Trinajstić information content (AvgIpc) is 3.03. The minimum absolute atomic E-state index is 0.0980. The predicted octanol–water partition coefficient (Wildman–Crippen LogP) is 9.20. The third kappa shape index (κ3) is 8.29. The van der Waals surface area contributed by atoms with Crippen molar-refractivity contribution in [2.75, 3.05) is 13.6 Å². The third-order valence-corrected chi connectivity index (χ3v) is 8.88. The van der Waals surface area contributed by atoms with E-state index in [1.807, 2.05) is 55.6 Å². The molecular weight excluding hydrogens is 638 g/mol. The van der Waals surface area contributed by atoms with E-state index in [1.54, 1.807) is 24.3 Å². The van der Waals surface area contributed by atoms with E-state index in [2.05, 4.69) is 11.8 Å². The summed E-state index contributed by atoms with van der Waals surface area (Å²) in [6.45, 7) is 4.26. The highest BCUT2D eigenvalue weighted by Crippen LogP contribution is 2.36. The van der Waals surface area contributed by atoms with Gasteiger partial charge in [-0.1, -0.05) is 78.7 Å². The lowest BCUT2D eigenvalue weighted by Crippen LogP contribution is -2.43. The van der Waals surface area contributed by atoms with Crippen molar-refractivity contribution in [1.29, 1.82) is 0 Å². The number of alkyl halides is 3. The topological polar surface area (TPSA) is 66.8 Å². The van der Waals surface area contributed by atoms with Gasteiger partial charge in [0.1, 0.15) is 5.75 Å². The van der Waals surface area contributed by atoms with E-state index in [1.165, 1.54) is 31.2 Å². The van der Waals surface area contributed by atoms with Gasteiger partial charge in [-0.05, 0) is 104 Å². The molecule has 0 saturated carbocycles. The maximum absolute atomic E-state index is 13.6. The smallest absolute Gasteiger partial charge is 0.453 e. The zero-order valence-corrected chi connectivity index (χ0v) is 27.0. The van der Waals surface area contributed by atoms with Gasteiger partial charge < -0.3 is 9.84 Å². The van der Waals surface area contributed by atoms with Crippen LogP contribution in [0.5, 0.6) is 5.75 Å². The largest absolute Gasteiger partial charge is 0.482 e. The number of hydrogen-bond donors (Lipinski definition) is 1. The fourth-order valence-electron chi connectivity index (χ4n) is 5.46. The van der Waals surface area contributed by atoms with Gasteiger partial charge >= 0.3 is 12.1 Å². The normalized spacial score (nSPS) is 13.3. The number of rotatable bonds is 13. The maximum Gasteiger partial charge on any atom is 0.453 e.